The van der Waals surface area contributed by atoms with Gasteiger partial charge in [-0.25, -0.2) is 4.39 Å². The fraction of sp³-hybridized carbons (Fsp3) is 0.571. The minimum atomic E-state index is -4.56. The lowest BCUT2D eigenvalue weighted by Crippen LogP contribution is -2.37. The van der Waals surface area contributed by atoms with Crippen molar-refractivity contribution < 1.29 is 17.6 Å². The van der Waals surface area contributed by atoms with Crippen LogP contribution in [0.2, 0.25) is 0 Å². The van der Waals surface area contributed by atoms with Crippen LogP contribution in [0.15, 0.2) is 0 Å². The number of hydrogen-bond donors (Lipinski definition) is 2. The Bertz CT molecular complexity index is 339. The largest absolute Gasteiger partial charge is 0.399 e. The maximum absolute atomic E-state index is 13.1. The summed E-state index contributed by atoms with van der Waals surface area (Å²) >= 11 is 0. The highest BCUT2D eigenvalue weighted by atomic mass is 19.4. The fourth-order valence-corrected chi connectivity index (χ4v) is 0.898. The van der Waals surface area contributed by atoms with Crippen LogP contribution in [0.25, 0.3) is 0 Å². The number of nitrogen functional groups attached to an aromatic ring is 1. The highest BCUT2D eigenvalue weighted by molar-refractivity contribution is 5.35. The van der Waals surface area contributed by atoms with Gasteiger partial charge in [0.2, 0.25) is 0 Å². The summed E-state index contributed by atoms with van der Waals surface area (Å²) in [6.45, 7) is 1.70. The lowest BCUT2D eigenvalue weighted by Gasteiger charge is -2.25. The molecule has 0 aliphatic rings. The molecule has 0 amide bonds. The molecule has 0 unspecified atom stereocenters. The molecule has 0 spiro atoms. The second-order valence-corrected chi connectivity index (χ2v) is 3.42. The number of alkyl halides is 3. The molecule has 0 radical (unpaired) electrons. The molecule has 3 N–H and O–H groups in total. The lowest BCUT2D eigenvalue weighted by molar-refractivity contribution is -0.181. The maximum Gasteiger partial charge on any atom is 0.399 e. The van der Waals surface area contributed by atoms with Gasteiger partial charge < -0.3 is 5.73 Å². The lowest BCUT2D eigenvalue weighted by atomic mass is 9.88. The van der Waals surface area contributed by atoms with Gasteiger partial charge in [-0.2, -0.15) is 18.3 Å². The summed E-state index contributed by atoms with van der Waals surface area (Å²) in [6, 6.07) is 0. The van der Waals surface area contributed by atoms with E-state index in [1.807, 2.05) is 5.10 Å². The number of nitrogens with two attached hydrogens (primary N) is 1. The fourth-order valence-electron chi connectivity index (χ4n) is 0.898. The zero-order valence-corrected chi connectivity index (χ0v) is 7.54. The first-order chi connectivity index (χ1) is 6.18. The Morgan fingerprint density at radius 2 is 1.79 bits per heavy atom. The average Bonchev–Trinajstić information content (AvgIpc) is 2.30. The van der Waals surface area contributed by atoms with Crippen LogP contribution < -0.4 is 5.73 Å². The SMILES string of the molecule is CC(C)(c1[nH]nc(N)c1F)C(F)(F)F. The zero-order chi connectivity index (χ0) is 11.1. The molecule has 80 valence electrons. The molecule has 0 saturated heterocycles. The number of nitrogens with one attached hydrogen (secondary N) is 1. The van der Waals surface area contributed by atoms with Crippen molar-refractivity contribution >= 4 is 5.82 Å². The molecule has 3 nitrogen and oxygen atoms in total. The van der Waals surface area contributed by atoms with Crippen LogP contribution in [0.4, 0.5) is 23.4 Å². The highest BCUT2D eigenvalue weighted by Crippen LogP contribution is 2.41. The minimum absolute atomic E-state index is 0.558. The van der Waals surface area contributed by atoms with E-state index in [2.05, 4.69) is 5.10 Å². The Labute approximate surface area is 77.3 Å². The molecule has 1 heterocycles. The van der Waals surface area contributed by atoms with Crippen molar-refractivity contribution in [1.29, 1.82) is 0 Å². The smallest absolute Gasteiger partial charge is 0.380 e. The number of aromatic amines is 1. The average molecular weight is 211 g/mol. The molecule has 0 aliphatic carbocycles. The van der Waals surface area contributed by atoms with Crippen molar-refractivity contribution in [1.82, 2.24) is 10.2 Å². The van der Waals surface area contributed by atoms with E-state index in [9.17, 15) is 17.6 Å². The van der Waals surface area contributed by atoms with Crippen LogP contribution in [0.3, 0.4) is 0 Å². The van der Waals surface area contributed by atoms with E-state index in [0.29, 0.717) is 0 Å². The normalized spacial score (nSPS) is 13.3. The van der Waals surface area contributed by atoms with Crippen molar-refractivity contribution in [2.24, 2.45) is 0 Å². The molecule has 0 aliphatic heterocycles. The Morgan fingerprint density at radius 3 is 2.07 bits per heavy atom. The van der Waals surface area contributed by atoms with Crippen LogP contribution >= 0.6 is 0 Å². The molecular weight excluding hydrogens is 202 g/mol. The summed E-state index contributed by atoms with van der Waals surface area (Å²) < 4.78 is 50.4. The number of aromatic nitrogens is 2. The van der Waals surface area contributed by atoms with Gasteiger partial charge in [-0.05, 0) is 13.8 Å². The summed E-state index contributed by atoms with van der Waals surface area (Å²) in [5, 5.41) is 5.12. The van der Waals surface area contributed by atoms with E-state index in [4.69, 9.17) is 5.73 Å². The number of nitrogens with zero attached hydrogens (tertiary/aromatic N) is 1. The molecule has 7 heteroatoms. The summed E-state index contributed by atoms with van der Waals surface area (Å²) in [5.74, 6) is -1.70. The monoisotopic (exact) mass is 211 g/mol. The molecule has 0 atom stereocenters. The van der Waals surface area contributed by atoms with E-state index < -0.39 is 28.9 Å². The number of hydrogen-bond acceptors (Lipinski definition) is 2. The predicted octanol–water partition coefficient (Wildman–Crippen LogP) is 1.97. The van der Waals surface area contributed by atoms with Crippen molar-refractivity contribution in [3.8, 4) is 0 Å². The van der Waals surface area contributed by atoms with Gasteiger partial charge in [0.15, 0.2) is 11.6 Å². The van der Waals surface area contributed by atoms with Gasteiger partial charge in [0.1, 0.15) is 5.41 Å². The van der Waals surface area contributed by atoms with Crippen LogP contribution in [0, 0.1) is 5.82 Å². The van der Waals surface area contributed by atoms with Crippen molar-refractivity contribution in [3.63, 3.8) is 0 Å². The van der Waals surface area contributed by atoms with Crippen LogP contribution in [0.5, 0.6) is 0 Å². The standard InChI is InChI=1S/C7H9F4N3/c1-6(2,7(9,10)11)4-3(8)5(12)14-13-4/h1-2H3,(H3,12,13,14). The number of halogens is 4. The van der Waals surface area contributed by atoms with Gasteiger partial charge in [0.25, 0.3) is 0 Å². The Hall–Kier alpha value is -1.27. The molecule has 1 rings (SSSR count). The summed E-state index contributed by atoms with van der Waals surface area (Å²) in [7, 11) is 0. The van der Waals surface area contributed by atoms with Gasteiger partial charge in [-0.3, -0.25) is 5.10 Å². The summed E-state index contributed by atoms with van der Waals surface area (Å²) in [6.07, 6.45) is -4.56. The first-order valence-electron chi connectivity index (χ1n) is 3.74. The molecule has 1 aromatic rings. The molecule has 14 heavy (non-hydrogen) atoms. The number of rotatable bonds is 1. The Morgan fingerprint density at radius 1 is 1.29 bits per heavy atom. The van der Waals surface area contributed by atoms with E-state index in [0.717, 1.165) is 13.8 Å². The third kappa shape index (κ3) is 1.42. The maximum atomic E-state index is 13.1. The highest BCUT2D eigenvalue weighted by Gasteiger charge is 2.51. The molecule has 0 aromatic carbocycles. The summed E-state index contributed by atoms with van der Waals surface area (Å²) in [4.78, 5) is 0. The quantitative estimate of drug-likeness (QED) is 0.698. The van der Waals surface area contributed by atoms with Crippen molar-refractivity contribution in [2.45, 2.75) is 25.4 Å². The van der Waals surface area contributed by atoms with Gasteiger partial charge in [0, 0.05) is 0 Å². The first-order valence-corrected chi connectivity index (χ1v) is 3.74. The van der Waals surface area contributed by atoms with Gasteiger partial charge >= 0.3 is 6.18 Å². The second kappa shape index (κ2) is 2.86. The zero-order valence-electron chi connectivity index (χ0n) is 7.54. The molecule has 1 aromatic heterocycles. The van der Waals surface area contributed by atoms with E-state index in [1.54, 1.807) is 0 Å². The van der Waals surface area contributed by atoms with Crippen LogP contribution in [-0.4, -0.2) is 16.4 Å². The van der Waals surface area contributed by atoms with Gasteiger partial charge in [-0.1, -0.05) is 0 Å². The second-order valence-electron chi connectivity index (χ2n) is 3.42. The van der Waals surface area contributed by atoms with E-state index in [-0.39, 0.29) is 0 Å². The van der Waals surface area contributed by atoms with Gasteiger partial charge in [0.05, 0.1) is 5.69 Å². The Kier molecular flexibility index (Phi) is 2.21. The summed E-state index contributed by atoms with van der Waals surface area (Å²) in [5.41, 5.74) is 2.01. The Balaban J connectivity index is 3.23. The topological polar surface area (TPSA) is 54.7 Å². The molecule has 0 saturated carbocycles. The molecule has 0 bridgehead atoms. The predicted molar refractivity (Wildman–Crippen MR) is 42.0 cm³/mol. The van der Waals surface area contributed by atoms with E-state index in [1.165, 1.54) is 0 Å². The number of anilines is 1. The minimum Gasteiger partial charge on any atom is -0.380 e. The van der Waals surface area contributed by atoms with Crippen LogP contribution in [-0.2, 0) is 5.41 Å². The molecule has 0 fully saturated rings. The van der Waals surface area contributed by atoms with Crippen molar-refractivity contribution in [3.05, 3.63) is 11.5 Å². The number of H-pyrrole nitrogens is 1. The third-order valence-electron chi connectivity index (χ3n) is 2.07. The molecular formula is C7H9F4N3. The van der Waals surface area contributed by atoms with E-state index >= 15 is 0 Å². The van der Waals surface area contributed by atoms with Crippen LogP contribution in [0.1, 0.15) is 19.5 Å². The third-order valence-corrected chi connectivity index (χ3v) is 2.07. The van der Waals surface area contributed by atoms with Crippen molar-refractivity contribution in [2.75, 3.05) is 5.73 Å². The first kappa shape index (κ1) is 10.8. The van der Waals surface area contributed by atoms with Gasteiger partial charge in [-0.15, -0.1) is 0 Å².